The summed E-state index contributed by atoms with van der Waals surface area (Å²) in [6, 6.07) is 5.85. The Morgan fingerprint density at radius 2 is 2.08 bits per heavy atom. The van der Waals surface area contributed by atoms with Crippen LogP contribution in [0.3, 0.4) is 0 Å². The number of nitrogens with one attached hydrogen (secondary N) is 1. The average molecular weight is 382 g/mol. The van der Waals surface area contributed by atoms with E-state index in [-0.39, 0.29) is 12.5 Å². The van der Waals surface area contributed by atoms with E-state index in [1.807, 2.05) is 0 Å². The van der Waals surface area contributed by atoms with Gasteiger partial charge in [-0.3, -0.25) is 14.2 Å². The van der Waals surface area contributed by atoms with Gasteiger partial charge in [-0.25, -0.2) is 4.39 Å². The van der Waals surface area contributed by atoms with Crippen LogP contribution < -0.4 is 5.32 Å². The zero-order valence-electron chi connectivity index (χ0n) is 13.2. The van der Waals surface area contributed by atoms with Crippen LogP contribution in [0.4, 0.5) is 10.2 Å². The molecule has 3 aromatic rings. The highest BCUT2D eigenvalue weighted by molar-refractivity contribution is 6.31. The standard InChI is InChI=1S/C16H14Cl2FN5O/c1-10-14(18)7-20-24(10)9-16(25)21-15-4-5-23(22-15)8-11-2-3-12(19)6-13(11)17/h2-7H,8-9H2,1H3,(H,21,22,25). The molecule has 0 bridgehead atoms. The van der Waals surface area contributed by atoms with Crippen LogP contribution in [0, 0.1) is 12.7 Å². The topological polar surface area (TPSA) is 64.7 Å². The van der Waals surface area contributed by atoms with E-state index in [0.29, 0.717) is 28.1 Å². The molecular weight excluding hydrogens is 368 g/mol. The summed E-state index contributed by atoms with van der Waals surface area (Å²) in [5.74, 6) is -0.261. The number of carbonyl (C=O) groups is 1. The molecule has 130 valence electrons. The van der Waals surface area contributed by atoms with Crippen LogP contribution in [-0.2, 0) is 17.9 Å². The fraction of sp³-hybridized carbons (Fsp3) is 0.188. The van der Waals surface area contributed by atoms with E-state index in [0.717, 1.165) is 5.56 Å². The molecule has 0 aliphatic carbocycles. The van der Waals surface area contributed by atoms with E-state index < -0.39 is 5.82 Å². The summed E-state index contributed by atoms with van der Waals surface area (Å²) in [5.41, 5.74) is 1.44. The van der Waals surface area contributed by atoms with Crippen molar-refractivity contribution in [3.8, 4) is 0 Å². The molecule has 0 fully saturated rings. The lowest BCUT2D eigenvalue weighted by molar-refractivity contribution is -0.117. The van der Waals surface area contributed by atoms with Gasteiger partial charge in [0, 0.05) is 17.3 Å². The van der Waals surface area contributed by atoms with Gasteiger partial charge in [0.25, 0.3) is 0 Å². The molecule has 25 heavy (non-hydrogen) atoms. The van der Waals surface area contributed by atoms with Crippen LogP contribution in [-0.4, -0.2) is 25.5 Å². The Kier molecular flexibility index (Phi) is 5.06. The molecule has 0 radical (unpaired) electrons. The smallest absolute Gasteiger partial charge is 0.247 e. The first kappa shape index (κ1) is 17.4. The molecule has 2 heterocycles. The van der Waals surface area contributed by atoms with Crippen molar-refractivity contribution >= 4 is 34.9 Å². The zero-order valence-corrected chi connectivity index (χ0v) is 14.7. The zero-order chi connectivity index (χ0) is 18.0. The van der Waals surface area contributed by atoms with Gasteiger partial charge in [-0.15, -0.1) is 0 Å². The fourth-order valence-electron chi connectivity index (χ4n) is 2.24. The first-order valence-electron chi connectivity index (χ1n) is 7.37. The number of hydrogen-bond acceptors (Lipinski definition) is 3. The molecule has 0 aliphatic rings. The third-order valence-electron chi connectivity index (χ3n) is 3.59. The Morgan fingerprint density at radius 1 is 1.28 bits per heavy atom. The van der Waals surface area contributed by atoms with Gasteiger partial charge in [0.05, 0.1) is 23.5 Å². The predicted octanol–water partition coefficient (Wildman–Crippen LogP) is 3.52. The maximum absolute atomic E-state index is 13.1. The molecular formula is C16H14Cl2FN5O. The van der Waals surface area contributed by atoms with Crippen LogP contribution >= 0.6 is 23.2 Å². The molecule has 6 nitrogen and oxygen atoms in total. The van der Waals surface area contributed by atoms with Gasteiger partial charge in [-0.2, -0.15) is 10.2 Å². The molecule has 1 aromatic carbocycles. The van der Waals surface area contributed by atoms with Crippen molar-refractivity contribution in [2.24, 2.45) is 0 Å². The summed E-state index contributed by atoms with van der Waals surface area (Å²) < 4.78 is 16.2. The molecule has 0 saturated carbocycles. The second-order valence-corrected chi connectivity index (χ2v) is 6.23. The van der Waals surface area contributed by atoms with Gasteiger partial charge < -0.3 is 5.32 Å². The lowest BCUT2D eigenvalue weighted by Gasteiger charge is -2.06. The van der Waals surface area contributed by atoms with Crippen molar-refractivity contribution in [3.63, 3.8) is 0 Å². The summed E-state index contributed by atoms with van der Waals surface area (Å²) in [4.78, 5) is 12.1. The van der Waals surface area contributed by atoms with Gasteiger partial charge in [0.15, 0.2) is 5.82 Å². The van der Waals surface area contributed by atoms with Crippen LogP contribution in [0.2, 0.25) is 10.0 Å². The second-order valence-electron chi connectivity index (χ2n) is 5.42. The third kappa shape index (κ3) is 4.18. The maximum atomic E-state index is 13.1. The normalized spacial score (nSPS) is 10.9. The largest absolute Gasteiger partial charge is 0.308 e. The first-order valence-corrected chi connectivity index (χ1v) is 8.13. The molecule has 1 amide bonds. The van der Waals surface area contributed by atoms with E-state index >= 15 is 0 Å². The summed E-state index contributed by atoms with van der Waals surface area (Å²) >= 11 is 11.9. The highest BCUT2D eigenvalue weighted by Gasteiger charge is 2.11. The molecule has 9 heteroatoms. The number of rotatable bonds is 5. The molecule has 2 aromatic heterocycles. The molecule has 1 N–H and O–H groups in total. The minimum absolute atomic E-state index is 0.0369. The Hall–Kier alpha value is -2.38. The molecule has 0 atom stereocenters. The fourth-order valence-corrected chi connectivity index (χ4v) is 2.61. The quantitative estimate of drug-likeness (QED) is 0.735. The van der Waals surface area contributed by atoms with E-state index in [2.05, 4.69) is 15.5 Å². The summed E-state index contributed by atoms with van der Waals surface area (Å²) in [5, 5.41) is 11.8. The van der Waals surface area contributed by atoms with Gasteiger partial charge in [0.1, 0.15) is 12.4 Å². The molecule has 0 saturated heterocycles. The van der Waals surface area contributed by atoms with Crippen molar-refractivity contribution in [2.45, 2.75) is 20.0 Å². The first-order chi connectivity index (χ1) is 11.9. The van der Waals surface area contributed by atoms with Crippen LogP contribution in [0.5, 0.6) is 0 Å². The molecule has 0 spiro atoms. The van der Waals surface area contributed by atoms with E-state index in [1.54, 1.807) is 29.9 Å². The maximum Gasteiger partial charge on any atom is 0.247 e. The van der Waals surface area contributed by atoms with Crippen molar-refractivity contribution in [3.05, 3.63) is 63.8 Å². The minimum Gasteiger partial charge on any atom is -0.308 e. The van der Waals surface area contributed by atoms with Gasteiger partial charge in [-0.1, -0.05) is 29.3 Å². The average Bonchev–Trinajstić information content (AvgIpc) is 3.11. The Labute approximate surface area is 153 Å². The van der Waals surface area contributed by atoms with Crippen molar-refractivity contribution in [2.75, 3.05) is 5.32 Å². The van der Waals surface area contributed by atoms with E-state index in [1.165, 1.54) is 23.0 Å². The predicted molar refractivity (Wildman–Crippen MR) is 93.3 cm³/mol. The lowest BCUT2D eigenvalue weighted by Crippen LogP contribution is -2.20. The molecule has 0 unspecified atom stereocenters. The molecule has 3 rings (SSSR count). The number of carbonyl (C=O) groups excluding carboxylic acids is 1. The SMILES string of the molecule is Cc1c(Cl)cnn1CC(=O)Nc1ccn(Cc2ccc(F)cc2Cl)n1. The van der Waals surface area contributed by atoms with Crippen molar-refractivity contribution in [1.29, 1.82) is 0 Å². The summed E-state index contributed by atoms with van der Waals surface area (Å²) in [7, 11) is 0. The number of benzene rings is 1. The molecule has 0 aliphatic heterocycles. The minimum atomic E-state index is -0.392. The van der Waals surface area contributed by atoms with E-state index in [4.69, 9.17) is 23.2 Å². The number of hydrogen-bond donors (Lipinski definition) is 1. The van der Waals surface area contributed by atoms with Gasteiger partial charge in [0.2, 0.25) is 5.91 Å². The van der Waals surface area contributed by atoms with Crippen LogP contribution in [0.1, 0.15) is 11.3 Å². The highest BCUT2D eigenvalue weighted by Crippen LogP contribution is 2.18. The van der Waals surface area contributed by atoms with E-state index in [9.17, 15) is 9.18 Å². The van der Waals surface area contributed by atoms with Crippen LogP contribution in [0.25, 0.3) is 0 Å². The number of halogens is 3. The van der Waals surface area contributed by atoms with Crippen molar-refractivity contribution in [1.82, 2.24) is 19.6 Å². The Bertz CT molecular complexity index is 921. The number of aromatic nitrogens is 4. The highest BCUT2D eigenvalue weighted by atomic mass is 35.5. The lowest BCUT2D eigenvalue weighted by atomic mass is 10.2. The summed E-state index contributed by atoms with van der Waals surface area (Å²) in [6.45, 7) is 2.18. The summed E-state index contributed by atoms with van der Waals surface area (Å²) in [6.07, 6.45) is 3.19. The Morgan fingerprint density at radius 3 is 2.76 bits per heavy atom. The monoisotopic (exact) mass is 381 g/mol. The van der Waals surface area contributed by atoms with Crippen LogP contribution in [0.15, 0.2) is 36.7 Å². The number of amides is 1. The number of nitrogens with zero attached hydrogens (tertiary/aromatic N) is 4. The van der Waals surface area contributed by atoms with Gasteiger partial charge in [-0.05, 0) is 24.6 Å². The Balaban J connectivity index is 1.63. The third-order valence-corrected chi connectivity index (χ3v) is 4.32. The van der Waals surface area contributed by atoms with Gasteiger partial charge >= 0.3 is 0 Å². The number of anilines is 1. The second kappa shape index (κ2) is 7.25. The van der Waals surface area contributed by atoms with Crippen molar-refractivity contribution < 1.29 is 9.18 Å².